The summed E-state index contributed by atoms with van der Waals surface area (Å²) in [5.41, 5.74) is 3.75. The van der Waals surface area contributed by atoms with Crippen molar-refractivity contribution in [2.24, 2.45) is 0 Å². The third-order valence-electron chi connectivity index (χ3n) is 3.42. The first-order valence-electron chi connectivity index (χ1n) is 7.46. The highest BCUT2D eigenvalue weighted by atomic mass is 35.5. The molecule has 1 amide bonds. The van der Waals surface area contributed by atoms with Crippen molar-refractivity contribution in [1.29, 1.82) is 0 Å². The van der Waals surface area contributed by atoms with Crippen LogP contribution in [0.5, 0.6) is 0 Å². The summed E-state index contributed by atoms with van der Waals surface area (Å²) in [6, 6.07) is 18.8. The van der Waals surface area contributed by atoms with Crippen LogP contribution in [0.15, 0.2) is 79.1 Å². The van der Waals surface area contributed by atoms with Gasteiger partial charge in [0.25, 0.3) is 0 Å². The fourth-order valence-electron chi connectivity index (χ4n) is 2.24. The molecule has 0 atom stereocenters. The first-order chi connectivity index (χ1) is 11.7. The van der Waals surface area contributed by atoms with Crippen LogP contribution in [0.25, 0.3) is 17.2 Å². The molecule has 4 heteroatoms. The van der Waals surface area contributed by atoms with E-state index in [1.54, 1.807) is 36.5 Å². The summed E-state index contributed by atoms with van der Waals surface area (Å²) in [6.45, 7) is 0. The third kappa shape index (κ3) is 4.31. The summed E-state index contributed by atoms with van der Waals surface area (Å²) in [7, 11) is 0. The summed E-state index contributed by atoms with van der Waals surface area (Å²) in [4.78, 5) is 16.1. The van der Waals surface area contributed by atoms with Crippen LogP contribution in [0.3, 0.4) is 0 Å². The number of hydrogen-bond acceptors (Lipinski definition) is 2. The van der Waals surface area contributed by atoms with Gasteiger partial charge in [-0.25, -0.2) is 0 Å². The van der Waals surface area contributed by atoms with E-state index in [-0.39, 0.29) is 5.91 Å². The summed E-state index contributed by atoms with van der Waals surface area (Å²) < 4.78 is 0. The fourth-order valence-corrected chi connectivity index (χ4v) is 2.37. The average Bonchev–Trinajstić information content (AvgIpc) is 2.63. The van der Waals surface area contributed by atoms with Gasteiger partial charge in [0.05, 0.1) is 0 Å². The number of carbonyl (C=O) groups excluding carboxylic acids is 1. The van der Waals surface area contributed by atoms with E-state index in [4.69, 9.17) is 11.6 Å². The van der Waals surface area contributed by atoms with Crippen molar-refractivity contribution in [3.8, 4) is 11.1 Å². The van der Waals surface area contributed by atoms with E-state index >= 15 is 0 Å². The van der Waals surface area contributed by atoms with E-state index in [2.05, 4.69) is 10.3 Å². The van der Waals surface area contributed by atoms with Crippen LogP contribution >= 0.6 is 11.6 Å². The second-order valence-corrected chi connectivity index (χ2v) is 5.63. The van der Waals surface area contributed by atoms with Crippen molar-refractivity contribution in [3.63, 3.8) is 0 Å². The number of aromatic nitrogens is 1. The molecule has 3 nitrogen and oxygen atoms in total. The second kappa shape index (κ2) is 7.57. The lowest BCUT2D eigenvalue weighted by atomic mass is 10.0. The molecule has 0 saturated heterocycles. The number of carbonyl (C=O) groups is 1. The Balaban J connectivity index is 1.70. The maximum Gasteiger partial charge on any atom is 0.248 e. The van der Waals surface area contributed by atoms with Crippen LogP contribution in [-0.4, -0.2) is 10.9 Å². The maximum absolute atomic E-state index is 12.0. The Hall–Kier alpha value is -2.91. The standard InChI is InChI=1S/C20H15ClN2O/c21-18-7-9-19(10-8-18)23-20(24)11-6-15-3-1-4-16(13-15)17-5-2-12-22-14-17/h1-14H,(H,23,24)/b11-6+. The lowest BCUT2D eigenvalue weighted by Gasteiger charge is -2.03. The fraction of sp³-hybridized carbons (Fsp3) is 0. The van der Waals surface area contributed by atoms with Crippen molar-refractivity contribution in [3.05, 3.63) is 89.7 Å². The smallest absolute Gasteiger partial charge is 0.248 e. The molecule has 0 aliphatic rings. The quantitative estimate of drug-likeness (QED) is 0.678. The van der Waals surface area contributed by atoms with Crippen molar-refractivity contribution < 1.29 is 4.79 Å². The van der Waals surface area contributed by atoms with Crippen molar-refractivity contribution in [1.82, 2.24) is 4.98 Å². The molecule has 1 heterocycles. The van der Waals surface area contributed by atoms with E-state index < -0.39 is 0 Å². The molecule has 0 bridgehead atoms. The molecular formula is C20H15ClN2O. The van der Waals surface area contributed by atoms with Crippen LogP contribution in [0.4, 0.5) is 5.69 Å². The molecule has 0 radical (unpaired) electrons. The van der Waals surface area contributed by atoms with Crippen molar-refractivity contribution >= 4 is 29.3 Å². The number of hydrogen-bond donors (Lipinski definition) is 1. The van der Waals surface area contributed by atoms with Crippen molar-refractivity contribution in [2.45, 2.75) is 0 Å². The minimum atomic E-state index is -0.191. The molecular weight excluding hydrogens is 320 g/mol. The number of rotatable bonds is 4. The Labute approximate surface area is 145 Å². The molecule has 0 saturated carbocycles. The van der Waals surface area contributed by atoms with Gasteiger partial charge in [0.2, 0.25) is 5.91 Å². The molecule has 118 valence electrons. The molecule has 0 spiro atoms. The number of amides is 1. The average molecular weight is 335 g/mol. The molecule has 3 aromatic rings. The van der Waals surface area contributed by atoms with Crippen LogP contribution < -0.4 is 5.32 Å². The summed E-state index contributed by atoms with van der Waals surface area (Å²) in [6.07, 6.45) is 6.85. The van der Waals surface area contributed by atoms with Gasteiger partial charge in [-0.1, -0.05) is 35.9 Å². The Morgan fingerprint density at radius 3 is 2.54 bits per heavy atom. The van der Waals surface area contributed by atoms with Gasteiger partial charge < -0.3 is 5.32 Å². The zero-order valence-electron chi connectivity index (χ0n) is 12.8. The zero-order chi connectivity index (χ0) is 16.8. The normalized spacial score (nSPS) is 10.7. The highest BCUT2D eigenvalue weighted by Gasteiger charge is 2.00. The minimum Gasteiger partial charge on any atom is -0.323 e. The summed E-state index contributed by atoms with van der Waals surface area (Å²) >= 11 is 5.82. The summed E-state index contributed by atoms with van der Waals surface area (Å²) in [5, 5.41) is 3.43. The van der Waals surface area contributed by atoms with Gasteiger partial charge in [-0.2, -0.15) is 0 Å². The maximum atomic E-state index is 12.0. The Bertz CT molecular complexity index is 858. The molecule has 0 aliphatic heterocycles. The number of nitrogens with one attached hydrogen (secondary N) is 1. The van der Waals surface area contributed by atoms with E-state index in [0.29, 0.717) is 10.7 Å². The van der Waals surface area contributed by atoms with Crippen LogP contribution in [0, 0.1) is 0 Å². The van der Waals surface area contributed by atoms with E-state index in [1.807, 2.05) is 42.6 Å². The van der Waals surface area contributed by atoms with E-state index in [1.165, 1.54) is 6.08 Å². The van der Waals surface area contributed by atoms with Gasteiger partial charge in [0, 0.05) is 34.7 Å². The summed E-state index contributed by atoms with van der Waals surface area (Å²) in [5.74, 6) is -0.191. The van der Waals surface area contributed by atoms with Gasteiger partial charge in [-0.3, -0.25) is 9.78 Å². The Kier molecular flexibility index (Phi) is 5.04. The monoisotopic (exact) mass is 334 g/mol. The highest BCUT2D eigenvalue weighted by molar-refractivity contribution is 6.30. The van der Waals surface area contributed by atoms with Crippen molar-refractivity contribution in [2.75, 3.05) is 5.32 Å². The lowest BCUT2D eigenvalue weighted by molar-refractivity contribution is -0.111. The first kappa shape index (κ1) is 16.0. The topological polar surface area (TPSA) is 42.0 Å². The number of halogens is 1. The van der Waals surface area contributed by atoms with Gasteiger partial charge in [-0.05, 0) is 53.6 Å². The number of anilines is 1. The van der Waals surface area contributed by atoms with Gasteiger partial charge in [0.15, 0.2) is 0 Å². The lowest BCUT2D eigenvalue weighted by Crippen LogP contribution is -2.07. The minimum absolute atomic E-state index is 0.191. The van der Waals surface area contributed by atoms with Gasteiger partial charge >= 0.3 is 0 Å². The molecule has 0 fully saturated rings. The van der Waals surface area contributed by atoms with Crippen LogP contribution in [0.1, 0.15) is 5.56 Å². The number of nitrogens with zero attached hydrogens (tertiary/aromatic N) is 1. The molecule has 1 aromatic heterocycles. The third-order valence-corrected chi connectivity index (χ3v) is 3.67. The first-order valence-corrected chi connectivity index (χ1v) is 7.83. The number of benzene rings is 2. The zero-order valence-corrected chi connectivity index (χ0v) is 13.6. The Morgan fingerprint density at radius 2 is 1.79 bits per heavy atom. The van der Waals surface area contributed by atoms with Crippen LogP contribution in [-0.2, 0) is 4.79 Å². The van der Waals surface area contributed by atoms with E-state index in [9.17, 15) is 4.79 Å². The molecule has 3 rings (SSSR count). The SMILES string of the molecule is O=C(/C=C/c1cccc(-c2cccnc2)c1)Nc1ccc(Cl)cc1. The van der Waals surface area contributed by atoms with Gasteiger partial charge in [0.1, 0.15) is 0 Å². The molecule has 2 aromatic carbocycles. The predicted molar refractivity (Wildman–Crippen MR) is 98.8 cm³/mol. The van der Waals surface area contributed by atoms with Gasteiger partial charge in [-0.15, -0.1) is 0 Å². The highest BCUT2D eigenvalue weighted by Crippen LogP contribution is 2.20. The molecule has 24 heavy (non-hydrogen) atoms. The van der Waals surface area contributed by atoms with E-state index in [0.717, 1.165) is 16.7 Å². The second-order valence-electron chi connectivity index (χ2n) is 5.20. The largest absolute Gasteiger partial charge is 0.323 e. The van der Waals surface area contributed by atoms with Crippen LogP contribution in [0.2, 0.25) is 5.02 Å². The molecule has 0 aliphatic carbocycles. The Morgan fingerprint density at radius 1 is 1.00 bits per heavy atom. The molecule has 1 N–H and O–H groups in total. The molecule has 0 unspecified atom stereocenters. The number of pyridine rings is 1. The predicted octanol–water partition coefficient (Wildman–Crippen LogP) is 5.05.